The van der Waals surface area contributed by atoms with Crippen LogP contribution in [0, 0.1) is 0 Å². The minimum atomic E-state index is -4.37. The summed E-state index contributed by atoms with van der Waals surface area (Å²) in [6.45, 7) is 7.78. The number of ether oxygens (including phenoxy) is 2. The third-order valence-electron chi connectivity index (χ3n) is 4.59. The minimum absolute atomic E-state index is 0.0262. The molecule has 0 radical (unpaired) electrons. The first-order valence-electron chi connectivity index (χ1n) is 10.3. The molecule has 1 saturated heterocycles. The van der Waals surface area contributed by atoms with Gasteiger partial charge in [0, 0.05) is 38.4 Å². The molecule has 182 valence electrons. The van der Waals surface area contributed by atoms with E-state index in [-0.39, 0.29) is 10.8 Å². The second-order valence-corrected chi connectivity index (χ2v) is 7.74. The first-order valence-corrected chi connectivity index (χ1v) is 11.0. The zero-order valence-corrected chi connectivity index (χ0v) is 19.6. The smallest absolute Gasteiger partial charge is 0.416 e. The van der Waals surface area contributed by atoms with E-state index >= 15 is 0 Å². The molecule has 2 N–H and O–H groups in total. The lowest BCUT2D eigenvalue weighted by atomic mass is 10.2. The maximum Gasteiger partial charge on any atom is 0.416 e. The average Bonchev–Trinajstić information content (AvgIpc) is 2.77. The minimum Gasteiger partial charge on any atom is -0.492 e. The number of carbonyl (C=O) groups is 1. The molecule has 11 heteroatoms. The number of carbonyl (C=O) groups excluding carboxylic acids is 1. The van der Waals surface area contributed by atoms with Gasteiger partial charge in [0.1, 0.15) is 18.1 Å². The second-order valence-electron chi connectivity index (χ2n) is 6.92. The lowest BCUT2D eigenvalue weighted by Crippen LogP contribution is -2.44. The molecule has 1 aliphatic heterocycles. The summed E-state index contributed by atoms with van der Waals surface area (Å²) in [6, 6.07) is 8.22. The van der Waals surface area contributed by atoms with Crippen LogP contribution in [0.15, 0.2) is 36.4 Å². The molecular weight excluding hydrogens is 482 g/mol. The van der Waals surface area contributed by atoms with Gasteiger partial charge in [-0.05, 0) is 43.3 Å². The van der Waals surface area contributed by atoms with E-state index in [2.05, 4.69) is 15.5 Å². The second kappa shape index (κ2) is 13.5. The maximum absolute atomic E-state index is 12.2. The van der Waals surface area contributed by atoms with E-state index in [4.69, 9.17) is 32.7 Å². The molecule has 33 heavy (non-hydrogen) atoms. The van der Waals surface area contributed by atoms with Crippen LogP contribution < -0.4 is 20.1 Å². The standard InChI is InChI=1S/C13H18ClN3O2.C9H8ClF3O/c14-12-9-11(16-10-18)1-2-13(12)19-8-7-17-5-3-15-4-6-17;1-2-14-8-4-3-6(5-7(8)10)9(11,12)13/h1-2,9-10,15H,3-8H2,(H,16,18);3-5H,2H2,1H3. The Kier molecular flexibility index (Phi) is 11.1. The topological polar surface area (TPSA) is 62.8 Å². The predicted octanol–water partition coefficient (Wildman–Crippen LogP) is 4.95. The fourth-order valence-corrected chi connectivity index (χ4v) is 3.42. The van der Waals surface area contributed by atoms with E-state index in [9.17, 15) is 18.0 Å². The monoisotopic (exact) mass is 507 g/mol. The number of rotatable bonds is 8. The molecule has 2 aromatic carbocycles. The third kappa shape index (κ3) is 9.29. The molecule has 0 atom stereocenters. The van der Waals surface area contributed by atoms with Crippen LogP contribution >= 0.6 is 23.2 Å². The summed E-state index contributed by atoms with van der Waals surface area (Å²) in [4.78, 5) is 12.7. The van der Waals surface area contributed by atoms with E-state index in [0.29, 0.717) is 36.1 Å². The summed E-state index contributed by atoms with van der Waals surface area (Å²) in [5, 5.41) is 6.34. The van der Waals surface area contributed by atoms with Crippen LogP contribution in [-0.4, -0.2) is 57.2 Å². The van der Waals surface area contributed by atoms with Crippen LogP contribution in [0.5, 0.6) is 11.5 Å². The van der Waals surface area contributed by atoms with Crippen molar-refractivity contribution in [3.63, 3.8) is 0 Å². The zero-order chi connectivity index (χ0) is 24.3. The Balaban J connectivity index is 0.000000245. The highest BCUT2D eigenvalue weighted by Gasteiger charge is 2.31. The molecule has 1 fully saturated rings. The number of piperazine rings is 1. The predicted molar refractivity (Wildman–Crippen MR) is 124 cm³/mol. The number of amides is 1. The number of benzene rings is 2. The summed E-state index contributed by atoms with van der Waals surface area (Å²) in [5.41, 5.74) is -0.111. The Morgan fingerprint density at radius 3 is 2.27 bits per heavy atom. The normalized spacial score (nSPS) is 14.1. The zero-order valence-electron chi connectivity index (χ0n) is 18.1. The fraction of sp³-hybridized carbons (Fsp3) is 0.409. The van der Waals surface area contributed by atoms with Crippen molar-refractivity contribution in [1.29, 1.82) is 0 Å². The van der Waals surface area contributed by atoms with E-state index in [1.807, 2.05) is 0 Å². The van der Waals surface area contributed by atoms with Gasteiger partial charge in [0.25, 0.3) is 0 Å². The number of hydrogen-bond donors (Lipinski definition) is 2. The van der Waals surface area contributed by atoms with Crippen molar-refractivity contribution in [3.05, 3.63) is 52.0 Å². The molecule has 1 heterocycles. The molecule has 0 saturated carbocycles. The maximum atomic E-state index is 12.2. The quantitative estimate of drug-likeness (QED) is 0.495. The summed E-state index contributed by atoms with van der Waals surface area (Å²) < 4.78 is 47.2. The van der Waals surface area contributed by atoms with Crippen LogP contribution in [0.4, 0.5) is 18.9 Å². The van der Waals surface area contributed by atoms with Crippen molar-refractivity contribution in [2.24, 2.45) is 0 Å². The van der Waals surface area contributed by atoms with Gasteiger partial charge < -0.3 is 20.1 Å². The van der Waals surface area contributed by atoms with Crippen molar-refractivity contribution in [3.8, 4) is 11.5 Å². The molecule has 1 aliphatic rings. The van der Waals surface area contributed by atoms with Crippen molar-refractivity contribution in [1.82, 2.24) is 10.2 Å². The van der Waals surface area contributed by atoms with Gasteiger partial charge in [-0.25, -0.2) is 0 Å². The summed E-state index contributed by atoms with van der Waals surface area (Å²) in [7, 11) is 0. The number of nitrogens with zero attached hydrogens (tertiary/aromatic N) is 1. The van der Waals surface area contributed by atoms with Crippen molar-refractivity contribution in [2.75, 3.05) is 51.3 Å². The first-order chi connectivity index (χ1) is 15.7. The van der Waals surface area contributed by atoms with Gasteiger partial charge >= 0.3 is 6.18 Å². The van der Waals surface area contributed by atoms with Gasteiger partial charge in [0.15, 0.2) is 0 Å². The lowest BCUT2D eigenvalue weighted by Gasteiger charge is -2.27. The van der Waals surface area contributed by atoms with Crippen LogP contribution in [-0.2, 0) is 11.0 Å². The Hall–Kier alpha value is -2.20. The van der Waals surface area contributed by atoms with Gasteiger partial charge in [-0.3, -0.25) is 9.69 Å². The molecule has 0 unspecified atom stereocenters. The summed E-state index contributed by atoms with van der Waals surface area (Å²) in [6.07, 6.45) is -3.75. The van der Waals surface area contributed by atoms with E-state index in [1.165, 1.54) is 6.07 Å². The van der Waals surface area contributed by atoms with Crippen LogP contribution in [0.25, 0.3) is 0 Å². The average molecular weight is 508 g/mol. The van der Waals surface area contributed by atoms with Crippen LogP contribution in [0.3, 0.4) is 0 Å². The molecule has 6 nitrogen and oxygen atoms in total. The largest absolute Gasteiger partial charge is 0.492 e. The third-order valence-corrected chi connectivity index (χ3v) is 5.18. The van der Waals surface area contributed by atoms with E-state index in [0.717, 1.165) is 44.9 Å². The van der Waals surface area contributed by atoms with Crippen molar-refractivity contribution in [2.45, 2.75) is 13.1 Å². The van der Waals surface area contributed by atoms with Crippen molar-refractivity contribution < 1.29 is 27.4 Å². The van der Waals surface area contributed by atoms with Crippen molar-refractivity contribution >= 4 is 35.3 Å². The van der Waals surface area contributed by atoms with E-state index < -0.39 is 11.7 Å². The van der Waals surface area contributed by atoms with Crippen LogP contribution in [0.1, 0.15) is 12.5 Å². The first kappa shape index (κ1) is 27.0. The van der Waals surface area contributed by atoms with Gasteiger partial charge in [-0.15, -0.1) is 0 Å². The fourth-order valence-electron chi connectivity index (χ4n) is 2.94. The number of hydrogen-bond acceptors (Lipinski definition) is 5. The molecular formula is C22H26Cl2F3N3O3. The number of anilines is 1. The summed E-state index contributed by atoms with van der Waals surface area (Å²) in [5.74, 6) is 0.912. The van der Waals surface area contributed by atoms with Crippen LogP contribution in [0.2, 0.25) is 10.0 Å². The molecule has 0 aliphatic carbocycles. The van der Waals surface area contributed by atoms with Gasteiger partial charge in [-0.1, -0.05) is 23.2 Å². The molecule has 0 spiro atoms. The highest BCUT2D eigenvalue weighted by atomic mass is 35.5. The lowest BCUT2D eigenvalue weighted by molar-refractivity contribution is -0.137. The number of alkyl halides is 3. The highest BCUT2D eigenvalue weighted by molar-refractivity contribution is 6.32. The van der Waals surface area contributed by atoms with Gasteiger partial charge in [0.2, 0.25) is 6.41 Å². The number of halogens is 5. The van der Waals surface area contributed by atoms with Gasteiger partial charge in [-0.2, -0.15) is 13.2 Å². The molecule has 1 amide bonds. The number of nitrogens with one attached hydrogen (secondary N) is 2. The molecule has 3 rings (SSSR count). The Morgan fingerprint density at radius 1 is 1.06 bits per heavy atom. The summed E-state index contributed by atoms with van der Waals surface area (Å²) >= 11 is 11.7. The Morgan fingerprint density at radius 2 is 1.70 bits per heavy atom. The van der Waals surface area contributed by atoms with Gasteiger partial charge in [0.05, 0.1) is 22.2 Å². The highest BCUT2D eigenvalue weighted by Crippen LogP contribution is 2.34. The Labute approximate surface area is 200 Å². The molecule has 2 aromatic rings. The molecule has 0 aromatic heterocycles. The SMILES string of the molecule is CCOc1ccc(C(F)(F)F)cc1Cl.O=CNc1ccc(OCCN2CCNCC2)c(Cl)c1. The van der Waals surface area contributed by atoms with E-state index in [1.54, 1.807) is 25.1 Å². The molecule has 0 bridgehead atoms. The Bertz CT molecular complexity index is 895.